The van der Waals surface area contributed by atoms with Crippen molar-refractivity contribution in [2.75, 3.05) is 25.7 Å². The summed E-state index contributed by atoms with van der Waals surface area (Å²) in [5.74, 6) is -0.946. The molecule has 1 aliphatic rings. The van der Waals surface area contributed by atoms with Crippen molar-refractivity contribution in [3.8, 4) is 5.75 Å². The molecule has 152 valence electrons. The van der Waals surface area contributed by atoms with Crippen LogP contribution in [-0.4, -0.2) is 38.6 Å². The van der Waals surface area contributed by atoms with Gasteiger partial charge in [0.05, 0.1) is 31.4 Å². The van der Waals surface area contributed by atoms with Crippen LogP contribution in [-0.2, 0) is 25.7 Å². The Hall–Kier alpha value is -3.35. The van der Waals surface area contributed by atoms with E-state index < -0.39 is 17.9 Å². The molecular formula is C22H23NO6. The highest BCUT2D eigenvalue weighted by Crippen LogP contribution is 2.34. The van der Waals surface area contributed by atoms with Crippen LogP contribution in [0.5, 0.6) is 5.75 Å². The third-order valence-electron chi connectivity index (χ3n) is 4.84. The van der Waals surface area contributed by atoms with E-state index in [4.69, 9.17) is 9.47 Å². The number of amides is 1. The van der Waals surface area contributed by atoms with Gasteiger partial charge in [-0.15, -0.1) is 0 Å². The molecule has 1 atom stereocenters. The van der Waals surface area contributed by atoms with E-state index in [1.807, 2.05) is 25.1 Å². The van der Waals surface area contributed by atoms with Crippen LogP contribution in [0.25, 0.3) is 0 Å². The number of carbonyl (C=O) groups excluding carboxylic acids is 3. The molecule has 7 heteroatoms. The maximum absolute atomic E-state index is 12.5. The minimum absolute atomic E-state index is 0.0682. The van der Waals surface area contributed by atoms with Crippen molar-refractivity contribution in [3.63, 3.8) is 0 Å². The number of hydrogen-bond donors (Lipinski definition) is 0. The molecule has 1 amide bonds. The number of ether oxygens (including phenoxy) is 3. The molecule has 0 N–H and O–H groups in total. The zero-order valence-electron chi connectivity index (χ0n) is 16.6. The van der Waals surface area contributed by atoms with Gasteiger partial charge in [-0.2, -0.15) is 0 Å². The number of hydrogen-bond acceptors (Lipinski definition) is 6. The van der Waals surface area contributed by atoms with E-state index in [0.29, 0.717) is 17.0 Å². The number of aryl methyl sites for hydroxylation is 1. The highest BCUT2D eigenvalue weighted by atomic mass is 16.5. The van der Waals surface area contributed by atoms with Gasteiger partial charge in [0.25, 0.3) is 0 Å². The molecule has 1 saturated heterocycles. The van der Waals surface area contributed by atoms with Gasteiger partial charge in [-0.05, 0) is 42.3 Å². The van der Waals surface area contributed by atoms with Gasteiger partial charge in [0.15, 0.2) is 0 Å². The Morgan fingerprint density at radius 3 is 2.48 bits per heavy atom. The highest BCUT2D eigenvalue weighted by Gasteiger charge is 2.37. The number of esters is 2. The van der Waals surface area contributed by atoms with Crippen LogP contribution in [0.3, 0.4) is 0 Å². The summed E-state index contributed by atoms with van der Waals surface area (Å²) >= 11 is 0. The lowest BCUT2D eigenvalue weighted by molar-refractivity contribution is -0.149. The quantitative estimate of drug-likeness (QED) is 0.697. The van der Waals surface area contributed by atoms with Gasteiger partial charge in [0.2, 0.25) is 5.91 Å². The lowest BCUT2D eigenvalue weighted by atomic mass is 10.1. The second kappa shape index (κ2) is 8.77. The molecular weight excluding hydrogens is 374 g/mol. The zero-order chi connectivity index (χ0) is 21.0. The Bertz CT molecular complexity index is 921. The molecule has 3 rings (SSSR count). The zero-order valence-corrected chi connectivity index (χ0v) is 16.6. The molecule has 0 radical (unpaired) electrons. The molecule has 2 aromatic rings. The SMILES string of the molecule is COC(=O)c1ccc(COC(=O)[C@@H]2CC(=O)N(c3cc(C)ccc3OC)C2)cc1. The van der Waals surface area contributed by atoms with Crippen molar-refractivity contribution >= 4 is 23.5 Å². The normalized spacial score (nSPS) is 15.9. The van der Waals surface area contributed by atoms with Crippen molar-refractivity contribution in [2.45, 2.75) is 20.0 Å². The standard InChI is InChI=1S/C22H23NO6/c1-14-4-9-19(27-2)18(10-14)23-12-17(11-20(23)24)22(26)29-13-15-5-7-16(8-6-15)21(25)28-3/h4-10,17H,11-13H2,1-3H3/t17-/m1/s1. The molecule has 0 unspecified atom stereocenters. The summed E-state index contributed by atoms with van der Waals surface area (Å²) in [4.78, 5) is 38.0. The molecule has 1 heterocycles. The molecule has 0 aromatic heterocycles. The number of benzene rings is 2. The third kappa shape index (κ3) is 4.56. The van der Waals surface area contributed by atoms with Gasteiger partial charge in [0.1, 0.15) is 12.4 Å². The fourth-order valence-electron chi connectivity index (χ4n) is 3.24. The number of anilines is 1. The number of methoxy groups -OCH3 is 2. The number of rotatable bonds is 6. The Morgan fingerprint density at radius 1 is 1.10 bits per heavy atom. The van der Waals surface area contributed by atoms with Crippen molar-refractivity contribution in [2.24, 2.45) is 5.92 Å². The highest BCUT2D eigenvalue weighted by molar-refractivity contribution is 6.00. The van der Waals surface area contributed by atoms with Crippen LogP contribution in [0.1, 0.15) is 27.9 Å². The number of nitrogens with zero attached hydrogens (tertiary/aromatic N) is 1. The average molecular weight is 397 g/mol. The molecule has 0 saturated carbocycles. The second-order valence-corrected chi connectivity index (χ2v) is 6.88. The third-order valence-corrected chi connectivity index (χ3v) is 4.84. The first-order chi connectivity index (χ1) is 13.9. The van der Waals surface area contributed by atoms with Gasteiger partial charge in [-0.3, -0.25) is 9.59 Å². The average Bonchev–Trinajstić information content (AvgIpc) is 3.13. The van der Waals surface area contributed by atoms with Crippen molar-refractivity contribution in [1.29, 1.82) is 0 Å². The lowest BCUT2D eigenvalue weighted by Crippen LogP contribution is -2.27. The summed E-state index contributed by atoms with van der Waals surface area (Å²) in [5.41, 5.74) is 2.82. The van der Waals surface area contributed by atoms with Gasteiger partial charge in [0, 0.05) is 13.0 Å². The monoisotopic (exact) mass is 397 g/mol. The summed E-state index contributed by atoms with van der Waals surface area (Å²) in [6, 6.07) is 12.2. The lowest BCUT2D eigenvalue weighted by Gasteiger charge is -2.20. The van der Waals surface area contributed by atoms with Gasteiger partial charge in [-0.25, -0.2) is 4.79 Å². The summed E-state index contributed by atoms with van der Waals surface area (Å²) in [7, 11) is 2.86. The van der Waals surface area contributed by atoms with E-state index in [9.17, 15) is 14.4 Å². The van der Waals surface area contributed by atoms with Gasteiger partial charge in [-0.1, -0.05) is 18.2 Å². The van der Waals surface area contributed by atoms with Crippen molar-refractivity contribution in [3.05, 3.63) is 59.2 Å². The molecule has 0 aliphatic carbocycles. The predicted octanol–water partition coefficient (Wildman–Crippen LogP) is 2.89. The topological polar surface area (TPSA) is 82.1 Å². The first-order valence-electron chi connectivity index (χ1n) is 9.22. The minimum Gasteiger partial charge on any atom is -0.495 e. The van der Waals surface area contributed by atoms with E-state index in [1.54, 1.807) is 36.3 Å². The maximum atomic E-state index is 12.5. The predicted molar refractivity (Wildman–Crippen MR) is 106 cm³/mol. The fourth-order valence-corrected chi connectivity index (χ4v) is 3.24. The van der Waals surface area contributed by atoms with E-state index in [2.05, 4.69) is 4.74 Å². The summed E-state index contributed by atoms with van der Waals surface area (Å²) in [6.45, 7) is 2.25. The van der Waals surface area contributed by atoms with E-state index >= 15 is 0 Å². The molecule has 0 spiro atoms. The smallest absolute Gasteiger partial charge is 0.337 e. The van der Waals surface area contributed by atoms with E-state index in [1.165, 1.54) is 7.11 Å². The molecule has 29 heavy (non-hydrogen) atoms. The van der Waals surface area contributed by atoms with Gasteiger partial charge < -0.3 is 19.1 Å². The van der Waals surface area contributed by atoms with Crippen molar-refractivity contribution in [1.82, 2.24) is 0 Å². The van der Waals surface area contributed by atoms with E-state index in [-0.39, 0.29) is 25.5 Å². The molecule has 2 aromatic carbocycles. The molecule has 1 aliphatic heterocycles. The van der Waals surface area contributed by atoms with Crippen LogP contribution < -0.4 is 9.64 Å². The Labute approximate surface area is 169 Å². The summed E-state index contributed by atoms with van der Waals surface area (Å²) < 4.78 is 15.4. The molecule has 7 nitrogen and oxygen atoms in total. The van der Waals surface area contributed by atoms with E-state index in [0.717, 1.165) is 11.1 Å². The van der Waals surface area contributed by atoms with Crippen LogP contribution in [0, 0.1) is 12.8 Å². The number of carbonyl (C=O) groups is 3. The Balaban J connectivity index is 1.62. The largest absolute Gasteiger partial charge is 0.495 e. The van der Waals surface area contributed by atoms with Crippen LogP contribution in [0.2, 0.25) is 0 Å². The minimum atomic E-state index is -0.540. The Kier molecular flexibility index (Phi) is 6.16. The maximum Gasteiger partial charge on any atom is 0.337 e. The summed E-state index contributed by atoms with van der Waals surface area (Å²) in [6.07, 6.45) is 0.0945. The fraction of sp³-hybridized carbons (Fsp3) is 0.318. The second-order valence-electron chi connectivity index (χ2n) is 6.88. The van der Waals surface area contributed by atoms with Crippen LogP contribution in [0.15, 0.2) is 42.5 Å². The van der Waals surface area contributed by atoms with Crippen LogP contribution in [0.4, 0.5) is 5.69 Å². The van der Waals surface area contributed by atoms with Gasteiger partial charge >= 0.3 is 11.9 Å². The first kappa shape index (κ1) is 20.4. The van der Waals surface area contributed by atoms with Crippen LogP contribution >= 0.6 is 0 Å². The molecule has 1 fully saturated rings. The summed E-state index contributed by atoms with van der Waals surface area (Å²) in [5, 5.41) is 0. The first-order valence-corrected chi connectivity index (χ1v) is 9.22. The Morgan fingerprint density at radius 2 is 1.83 bits per heavy atom. The molecule has 0 bridgehead atoms. The van der Waals surface area contributed by atoms with Crippen molar-refractivity contribution < 1.29 is 28.6 Å².